The lowest BCUT2D eigenvalue weighted by Crippen LogP contribution is -2.68. The quantitative estimate of drug-likeness (QED) is 0.233. The molecule has 13 heteroatoms. The van der Waals surface area contributed by atoms with Gasteiger partial charge in [0, 0.05) is 6.92 Å². The summed E-state index contributed by atoms with van der Waals surface area (Å²) in [6.07, 6.45) is -15.0. The number of hydrogen-bond donors (Lipinski definition) is 7. The summed E-state index contributed by atoms with van der Waals surface area (Å²) in [5, 5.41) is 68.6. The molecule has 7 N–H and O–H groups in total. The van der Waals surface area contributed by atoms with Gasteiger partial charge in [-0.25, -0.2) is 4.79 Å². The van der Waals surface area contributed by atoms with Crippen LogP contribution in [0.15, 0.2) is 0 Å². The van der Waals surface area contributed by atoms with Crippen molar-refractivity contribution in [3.63, 3.8) is 0 Å². The molecule has 13 nitrogen and oxygen atoms in total. The first kappa shape index (κ1) is 21.7. The van der Waals surface area contributed by atoms with Crippen LogP contribution in [-0.2, 0) is 28.5 Å². The Morgan fingerprint density at radius 2 is 1.75 bits per heavy atom. The molecule has 162 valence electrons. The maximum Gasteiger partial charge on any atom is 0.364 e. The standard InChI is InChI=1S/C15H24O13/c1-15(14(22)23)24-3-5-11(28-15)7(18)9(20)13(26-5)27-10-4(2-16)25-12(21)8(19)6(10)17/h4-13,16-21H,2-3H2,1H3,(H,22,23)/t4-,5-,6-,7-,8-,9-,10-,11+,12-,13+,15?/m1/s1. The van der Waals surface area contributed by atoms with Crippen LogP contribution >= 0.6 is 0 Å². The summed E-state index contributed by atoms with van der Waals surface area (Å²) in [4.78, 5) is 11.3. The molecule has 0 aliphatic carbocycles. The average molecular weight is 412 g/mol. The number of carboxylic acids is 1. The molecule has 11 atom stereocenters. The van der Waals surface area contributed by atoms with E-state index in [9.17, 15) is 40.5 Å². The minimum absolute atomic E-state index is 0.300. The molecule has 3 heterocycles. The molecule has 3 aliphatic heterocycles. The van der Waals surface area contributed by atoms with Crippen molar-refractivity contribution in [2.75, 3.05) is 13.2 Å². The van der Waals surface area contributed by atoms with Gasteiger partial charge in [0.25, 0.3) is 5.79 Å². The third-order valence-electron chi connectivity index (χ3n) is 5.04. The zero-order valence-corrected chi connectivity index (χ0v) is 14.8. The lowest BCUT2D eigenvalue weighted by molar-refractivity contribution is -0.395. The second kappa shape index (κ2) is 8.04. The second-order valence-electron chi connectivity index (χ2n) is 7.00. The van der Waals surface area contributed by atoms with Crippen LogP contribution in [0.4, 0.5) is 0 Å². The van der Waals surface area contributed by atoms with E-state index in [-0.39, 0.29) is 6.61 Å². The molecule has 3 fully saturated rings. The summed E-state index contributed by atoms with van der Waals surface area (Å²) < 4.78 is 26.3. The number of hydrogen-bond acceptors (Lipinski definition) is 12. The van der Waals surface area contributed by atoms with Gasteiger partial charge in [0.05, 0.1) is 13.2 Å². The zero-order valence-electron chi connectivity index (χ0n) is 14.8. The van der Waals surface area contributed by atoms with Crippen molar-refractivity contribution >= 4 is 5.97 Å². The number of rotatable bonds is 4. The van der Waals surface area contributed by atoms with Crippen molar-refractivity contribution in [2.45, 2.75) is 74.1 Å². The normalized spacial score (nSPS) is 52.1. The highest BCUT2D eigenvalue weighted by Crippen LogP contribution is 2.34. The fourth-order valence-corrected chi connectivity index (χ4v) is 3.33. The van der Waals surface area contributed by atoms with Crippen LogP contribution in [0, 0.1) is 0 Å². The van der Waals surface area contributed by atoms with E-state index in [2.05, 4.69) is 0 Å². The Bertz CT molecular complexity index is 570. The summed E-state index contributed by atoms with van der Waals surface area (Å²) >= 11 is 0. The minimum Gasteiger partial charge on any atom is -0.477 e. The smallest absolute Gasteiger partial charge is 0.364 e. The number of aliphatic hydroxyl groups excluding tert-OH is 6. The monoisotopic (exact) mass is 412 g/mol. The molecular formula is C15H24O13. The van der Waals surface area contributed by atoms with Crippen LogP contribution in [0.3, 0.4) is 0 Å². The number of aliphatic hydroxyl groups is 6. The highest BCUT2D eigenvalue weighted by molar-refractivity contribution is 5.75. The Labute approximate surface area is 158 Å². The van der Waals surface area contributed by atoms with Crippen LogP contribution in [0.1, 0.15) is 6.92 Å². The van der Waals surface area contributed by atoms with E-state index in [0.29, 0.717) is 0 Å². The number of fused-ring (bicyclic) bond motifs is 1. The van der Waals surface area contributed by atoms with E-state index in [1.165, 1.54) is 0 Å². The molecule has 0 aromatic heterocycles. The molecule has 0 aromatic carbocycles. The largest absolute Gasteiger partial charge is 0.477 e. The Morgan fingerprint density at radius 1 is 1.07 bits per heavy atom. The van der Waals surface area contributed by atoms with Gasteiger partial charge >= 0.3 is 5.97 Å². The van der Waals surface area contributed by atoms with Gasteiger partial charge in [0.1, 0.15) is 48.8 Å². The minimum atomic E-state index is -2.03. The number of ether oxygens (including phenoxy) is 5. The highest BCUT2D eigenvalue weighted by Gasteiger charge is 2.56. The fraction of sp³-hybridized carbons (Fsp3) is 0.933. The predicted octanol–water partition coefficient (Wildman–Crippen LogP) is -4.53. The summed E-state index contributed by atoms with van der Waals surface area (Å²) in [7, 11) is 0. The van der Waals surface area contributed by atoms with E-state index in [4.69, 9.17) is 23.7 Å². The Balaban J connectivity index is 1.72. The van der Waals surface area contributed by atoms with Crippen LogP contribution < -0.4 is 0 Å². The topological polar surface area (TPSA) is 205 Å². The molecule has 3 saturated heterocycles. The molecule has 3 rings (SSSR count). The van der Waals surface area contributed by atoms with Crippen LogP contribution in [0.5, 0.6) is 0 Å². The van der Waals surface area contributed by atoms with Gasteiger partial charge in [-0.3, -0.25) is 0 Å². The SMILES string of the molecule is CC1(C(=O)O)OC[C@H]2O[C@@H](O[C@H]3[C@H](O)[C@@H](O)[C@H](O)O[C@@H]3CO)[C@H](O)[C@@H](O)[C@H]2O1. The Morgan fingerprint density at radius 3 is 2.36 bits per heavy atom. The number of carboxylic acid groups (broad SMARTS) is 1. The Kier molecular flexibility index (Phi) is 6.24. The van der Waals surface area contributed by atoms with Gasteiger partial charge in [-0.2, -0.15) is 0 Å². The highest BCUT2D eigenvalue weighted by atomic mass is 16.8. The van der Waals surface area contributed by atoms with Gasteiger partial charge in [-0.05, 0) is 0 Å². The molecule has 1 unspecified atom stereocenters. The van der Waals surface area contributed by atoms with Gasteiger partial charge in [-0.15, -0.1) is 0 Å². The first-order valence-electron chi connectivity index (χ1n) is 8.61. The predicted molar refractivity (Wildman–Crippen MR) is 82.4 cm³/mol. The van der Waals surface area contributed by atoms with Crippen molar-refractivity contribution in [1.82, 2.24) is 0 Å². The number of carbonyl (C=O) groups is 1. The molecular weight excluding hydrogens is 388 g/mol. The number of aliphatic carboxylic acids is 1. The molecule has 0 bridgehead atoms. The van der Waals surface area contributed by atoms with Crippen molar-refractivity contribution in [1.29, 1.82) is 0 Å². The molecule has 3 aliphatic rings. The summed E-state index contributed by atoms with van der Waals surface area (Å²) in [5.41, 5.74) is 0. The first-order valence-corrected chi connectivity index (χ1v) is 8.61. The fourth-order valence-electron chi connectivity index (χ4n) is 3.33. The Hall–Kier alpha value is -0.970. The average Bonchev–Trinajstić information content (AvgIpc) is 2.66. The van der Waals surface area contributed by atoms with E-state index >= 15 is 0 Å². The van der Waals surface area contributed by atoms with Crippen molar-refractivity contribution in [3.8, 4) is 0 Å². The van der Waals surface area contributed by atoms with Gasteiger partial charge < -0.3 is 59.4 Å². The van der Waals surface area contributed by atoms with Crippen molar-refractivity contribution < 1.29 is 64.2 Å². The van der Waals surface area contributed by atoms with Crippen molar-refractivity contribution in [3.05, 3.63) is 0 Å². The molecule has 0 saturated carbocycles. The van der Waals surface area contributed by atoms with E-state index in [1.807, 2.05) is 0 Å². The van der Waals surface area contributed by atoms with Gasteiger partial charge in [0.2, 0.25) is 0 Å². The maximum atomic E-state index is 11.3. The molecule has 0 amide bonds. The van der Waals surface area contributed by atoms with Crippen LogP contribution in [0.2, 0.25) is 0 Å². The van der Waals surface area contributed by atoms with Crippen LogP contribution in [-0.4, -0.2) is 122 Å². The first-order chi connectivity index (χ1) is 13.1. The summed E-state index contributed by atoms with van der Waals surface area (Å²) in [6, 6.07) is 0. The maximum absolute atomic E-state index is 11.3. The van der Waals surface area contributed by atoms with E-state index in [1.54, 1.807) is 0 Å². The molecule has 28 heavy (non-hydrogen) atoms. The molecule has 0 spiro atoms. The lowest BCUT2D eigenvalue weighted by Gasteiger charge is -2.49. The zero-order chi connectivity index (χ0) is 20.8. The van der Waals surface area contributed by atoms with Gasteiger partial charge in [0.15, 0.2) is 12.6 Å². The summed E-state index contributed by atoms with van der Waals surface area (Å²) in [5.74, 6) is -3.46. The van der Waals surface area contributed by atoms with Gasteiger partial charge in [-0.1, -0.05) is 0 Å². The summed E-state index contributed by atoms with van der Waals surface area (Å²) in [6.45, 7) is 0.152. The second-order valence-corrected chi connectivity index (χ2v) is 7.00. The lowest BCUT2D eigenvalue weighted by atomic mass is 9.96. The van der Waals surface area contributed by atoms with E-state index in [0.717, 1.165) is 6.92 Å². The molecule has 0 radical (unpaired) electrons. The van der Waals surface area contributed by atoms with Crippen LogP contribution in [0.25, 0.3) is 0 Å². The van der Waals surface area contributed by atoms with Crippen molar-refractivity contribution in [2.24, 2.45) is 0 Å². The molecule has 0 aromatic rings. The third kappa shape index (κ3) is 3.76. The van der Waals surface area contributed by atoms with E-state index < -0.39 is 79.8 Å². The third-order valence-corrected chi connectivity index (χ3v) is 5.04.